The molecule has 5 rings (SSSR count). The quantitative estimate of drug-likeness (QED) is 0.502. The fourth-order valence-electron chi connectivity index (χ4n) is 3.58. The zero-order valence-electron chi connectivity index (χ0n) is 16.9. The molecular formula is C23H22N4O2S. The molecule has 0 saturated heterocycles. The van der Waals surface area contributed by atoms with Crippen LogP contribution in [0.3, 0.4) is 0 Å². The van der Waals surface area contributed by atoms with Gasteiger partial charge in [-0.3, -0.25) is 4.98 Å². The van der Waals surface area contributed by atoms with E-state index >= 15 is 0 Å². The van der Waals surface area contributed by atoms with Gasteiger partial charge < -0.3 is 14.8 Å². The highest BCUT2D eigenvalue weighted by molar-refractivity contribution is 7.18. The zero-order chi connectivity index (χ0) is 20.5. The Morgan fingerprint density at radius 1 is 1.00 bits per heavy atom. The molecule has 1 aromatic carbocycles. The van der Waals surface area contributed by atoms with E-state index in [0.29, 0.717) is 19.0 Å². The van der Waals surface area contributed by atoms with E-state index in [1.54, 1.807) is 23.7 Å². The van der Waals surface area contributed by atoms with Gasteiger partial charge in [-0.05, 0) is 55.7 Å². The SMILES string of the molecule is Cc1sc2nc(-c3ccncc3)nc(NCCc3ccc4c(c3)OCCO4)c2c1C. The van der Waals surface area contributed by atoms with Gasteiger partial charge in [-0.2, -0.15) is 0 Å². The first-order valence-electron chi connectivity index (χ1n) is 9.99. The van der Waals surface area contributed by atoms with E-state index in [2.05, 4.69) is 36.3 Å². The topological polar surface area (TPSA) is 69.2 Å². The number of nitrogens with one attached hydrogen (secondary N) is 1. The minimum Gasteiger partial charge on any atom is -0.486 e. The molecule has 30 heavy (non-hydrogen) atoms. The lowest BCUT2D eigenvalue weighted by Crippen LogP contribution is -2.15. The molecule has 0 unspecified atom stereocenters. The van der Waals surface area contributed by atoms with Gasteiger partial charge in [-0.1, -0.05) is 6.07 Å². The molecule has 4 aromatic rings. The van der Waals surface area contributed by atoms with Gasteiger partial charge >= 0.3 is 0 Å². The summed E-state index contributed by atoms with van der Waals surface area (Å²) >= 11 is 1.71. The minimum absolute atomic E-state index is 0.599. The van der Waals surface area contributed by atoms with Gasteiger partial charge in [-0.15, -0.1) is 11.3 Å². The smallest absolute Gasteiger partial charge is 0.163 e. The number of aromatic nitrogens is 3. The molecule has 0 radical (unpaired) electrons. The van der Waals surface area contributed by atoms with Crippen LogP contribution in [0.4, 0.5) is 5.82 Å². The number of thiophene rings is 1. The third-order valence-electron chi connectivity index (χ3n) is 5.28. The zero-order valence-corrected chi connectivity index (χ0v) is 17.8. The molecule has 0 amide bonds. The number of hydrogen-bond acceptors (Lipinski definition) is 7. The third kappa shape index (κ3) is 3.57. The molecule has 0 aliphatic carbocycles. The van der Waals surface area contributed by atoms with Gasteiger partial charge in [-0.25, -0.2) is 9.97 Å². The fourth-order valence-corrected chi connectivity index (χ4v) is 4.61. The molecule has 7 heteroatoms. The Kier molecular flexibility index (Phi) is 4.96. The van der Waals surface area contributed by atoms with E-state index in [-0.39, 0.29) is 0 Å². The summed E-state index contributed by atoms with van der Waals surface area (Å²) in [6.07, 6.45) is 4.39. The lowest BCUT2D eigenvalue weighted by molar-refractivity contribution is 0.171. The van der Waals surface area contributed by atoms with Crippen LogP contribution < -0.4 is 14.8 Å². The number of rotatable bonds is 5. The fraction of sp³-hybridized carbons (Fsp3) is 0.261. The van der Waals surface area contributed by atoms with Crippen LogP contribution in [0.25, 0.3) is 21.6 Å². The van der Waals surface area contributed by atoms with Crippen molar-refractivity contribution in [3.05, 3.63) is 58.7 Å². The molecule has 0 atom stereocenters. The van der Waals surface area contributed by atoms with Crippen LogP contribution >= 0.6 is 11.3 Å². The average molecular weight is 419 g/mol. The van der Waals surface area contributed by atoms with E-state index in [9.17, 15) is 0 Å². The normalized spacial score (nSPS) is 12.9. The highest BCUT2D eigenvalue weighted by Crippen LogP contribution is 2.35. The Balaban J connectivity index is 1.42. The molecule has 1 aliphatic heterocycles. The average Bonchev–Trinajstić information content (AvgIpc) is 3.08. The summed E-state index contributed by atoms with van der Waals surface area (Å²) in [6, 6.07) is 10.0. The predicted molar refractivity (Wildman–Crippen MR) is 120 cm³/mol. The van der Waals surface area contributed by atoms with E-state index in [1.165, 1.54) is 16.0 Å². The van der Waals surface area contributed by atoms with Crippen LogP contribution in [0.5, 0.6) is 11.5 Å². The first-order valence-corrected chi connectivity index (χ1v) is 10.8. The van der Waals surface area contributed by atoms with E-state index < -0.39 is 0 Å². The van der Waals surface area contributed by atoms with Crippen LogP contribution in [-0.4, -0.2) is 34.7 Å². The molecule has 1 aliphatic rings. The summed E-state index contributed by atoms with van der Waals surface area (Å²) in [7, 11) is 0. The highest BCUT2D eigenvalue weighted by Gasteiger charge is 2.16. The summed E-state index contributed by atoms with van der Waals surface area (Å²) in [4.78, 5) is 16.0. The maximum Gasteiger partial charge on any atom is 0.163 e. The molecule has 152 valence electrons. The summed E-state index contributed by atoms with van der Waals surface area (Å²) in [5, 5.41) is 4.66. The number of fused-ring (bicyclic) bond motifs is 2. The molecule has 6 nitrogen and oxygen atoms in total. The molecule has 0 fully saturated rings. The Labute approximate surface area is 178 Å². The molecule has 0 bridgehead atoms. The maximum absolute atomic E-state index is 5.70. The van der Waals surface area contributed by atoms with Crippen molar-refractivity contribution >= 4 is 27.4 Å². The van der Waals surface area contributed by atoms with Crippen molar-refractivity contribution < 1.29 is 9.47 Å². The minimum atomic E-state index is 0.599. The number of aryl methyl sites for hydroxylation is 2. The lowest BCUT2D eigenvalue weighted by atomic mass is 10.1. The first kappa shape index (κ1) is 18.8. The number of anilines is 1. The summed E-state index contributed by atoms with van der Waals surface area (Å²) in [5.74, 6) is 3.24. The second-order valence-corrected chi connectivity index (χ2v) is 8.45. The molecule has 4 heterocycles. The van der Waals surface area contributed by atoms with Crippen molar-refractivity contribution in [2.24, 2.45) is 0 Å². The van der Waals surface area contributed by atoms with Gasteiger partial charge in [0.1, 0.15) is 23.9 Å². The summed E-state index contributed by atoms with van der Waals surface area (Å²) in [6.45, 7) is 6.23. The lowest BCUT2D eigenvalue weighted by Gasteiger charge is -2.19. The molecule has 3 aromatic heterocycles. The van der Waals surface area contributed by atoms with E-state index in [0.717, 1.165) is 46.1 Å². The Hall–Kier alpha value is -3.19. The first-order chi connectivity index (χ1) is 14.7. The molecule has 0 saturated carbocycles. The second-order valence-electron chi connectivity index (χ2n) is 7.25. The number of pyridine rings is 1. The van der Waals surface area contributed by atoms with Crippen molar-refractivity contribution in [2.45, 2.75) is 20.3 Å². The van der Waals surface area contributed by atoms with Gasteiger partial charge in [0, 0.05) is 29.4 Å². The van der Waals surface area contributed by atoms with E-state index in [1.807, 2.05) is 18.2 Å². The predicted octanol–water partition coefficient (Wildman–Crippen LogP) is 4.80. The van der Waals surface area contributed by atoms with Crippen LogP contribution in [0.1, 0.15) is 16.0 Å². The Morgan fingerprint density at radius 2 is 1.80 bits per heavy atom. The van der Waals surface area contributed by atoms with Crippen LogP contribution in [0.15, 0.2) is 42.7 Å². The number of benzene rings is 1. The van der Waals surface area contributed by atoms with Crippen molar-refractivity contribution in [2.75, 3.05) is 25.1 Å². The van der Waals surface area contributed by atoms with Gasteiger partial charge in [0.15, 0.2) is 17.3 Å². The van der Waals surface area contributed by atoms with Crippen molar-refractivity contribution in [1.29, 1.82) is 0 Å². The van der Waals surface area contributed by atoms with E-state index in [4.69, 9.17) is 19.4 Å². The monoisotopic (exact) mass is 418 g/mol. The van der Waals surface area contributed by atoms with Crippen molar-refractivity contribution in [1.82, 2.24) is 15.0 Å². The summed E-state index contributed by atoms with van der Waals surface area (Å²) < 4.78 is 11.3. The summed E-state index contributed by atoms with van der Waals surface area (Å²) in [5.41, 5.74) is 3.40. The Bertz CT molecular complexity index is 1210. The van der Waals surface area contributed by atoms with Gasteiger partial charge in [0.2, 0.25) is 0 Å². The van der Waals surface area contributed by atoms with Crippen LogP contribution in [-0.2, 0) is 6.42 Å². The number of nitrogens with zero attached hydrogens (tertiary/aromatic N) is 3. The van der Waals surface area contributed by atoms with Crippen LogP contribution in [0.2, 0.25) is 0 Å². The number of ether oxygens (including phenoxy) is 2. The second kappa shape index (κ2) is 7.91. The maximum atomic E-state index is 5.70. The standard InChI is InChI=1S/C23H22N4O2S/c1-14-15(2)30-23-20(14)22(26-21(27-23)17-6-8-24-9-7-17)25-10-5-16-3-4-18-19(13-16)29-12-11-28-18/h3-4,6-9,13H,5,10-12H2,1-2H3,(H,25,26,27). The Morgan fingerprint density at radius 3 is 2.63 bits per heavy atom. The van der Waals surface area contributed by atoms with Gasteiger partial charge in [0.25, 0.3) is 0 Å². The number of hydrogen-bond donors (Lipinski definition) is 1. The molecule has 1 N–H and O–H groups in total. The molecular weight excluding hydrogens is 396 g/mol. The highest BCUT2D eigenvalue weighted by atomic mass is 32.1. The van der Waals surface area contributed by atoms with Gasteiger partial charge in [0.05, 0.1) is 5.39 Å². The third-order valence-corrected chi connectivity index (χ3v) is 6.38. The van der Waals surface area contributed by atoms with Crippen molar-refractivity contribution in [3.63, 3.8) is 0 Å². The largest absolute Gasteiger partial charge is 0.486 e. The van der Waals surface area contributed by atoms with Crippen molar-refractivity contribution in [3.8, 4) is 22.9 Å². The molecule has 0 spiro atoms. The van der Waals surface area contributed by atoms with Crippen LogP contribution in [0, 0.1) is 13.8 Å².